The van der Waals surface area contributed by atoms with Crippen molar-refractivity contribution in [2.45, 2.75) is 54.9 Å². The predicted molar refractivity (Wildman–Crippen MR) is 66.5 cm³/mol. The van der Waals surface area contributed by atoms with Gasteiger partial charge in [0, 0.05) is 0 Å². The van der Waals surface area contributed by atoms with Gasteiger partial charge in [-0.2, -0.15) is 0 Å². The normalized spacial score (nSPS) is 17.4. The summed E-state index contributed by atoms with van der Waals surface area (Å²) in [4.78, 5) is 0. The maximum atomic E-state index is 14.1. The minimum atomic E-state index is -0.00412. The molecule has 0 aliphatic carbocycles. The second-order valence-electron chi connectivity index (χ2n) is 4.77. The molecule has 0 rings (SSSR count). The lowest BCUT2D eigenvalue weighted by Gasteiger charge is -2.15. The lowest BCUT2D eigenvalue weighted by Crippen LogP contribution is -2.00. The largest absolute Gasteiger partial charge is 0.207 e. The smallest absolute Gasteiger partial charge is 0.125 e. The molecule has 0 heterocycles. The van der Waals surface area contributed by atoms with Gasteiger partial charge in [0.05, 0.1) is 0 Å². The van der Waals surface area contributed by atoms with Crippen molar-refractivity contribution >= 4 is 0 Å². The number of rotatable bonds is 4. The minimum absolute atomic E-state index is 0.00412. The standard InChI is InChI=1S/C14H25F/c1-8-10(4)12(6)14(15)13(7)11(5)9(2)3/h9-10H,8H2,1-7H3/b13-11-,14-12+. The Bertz CT molecular complexity index is 269. The molecule has 0 aliphatic heterocycles. The number of hydrogen-bond acceptors (Lipinski definition) is 0. The molecule has 0 saturated heterocycles. The maximum absolute atomic E-state index is 14.1. The summed E-state index contributed by atoms with van der Waals surface area (Å²) in [5, 5.41) is 0. The summed E-state index contributed by atoms with van der Waals surface area (Å²) < 4.78 is 14.1. The van der Waals surface area contributed by atoms with Gasteiger partial charge in [-0.3, -0.25) is 0 Å². The Morgan fingerprint density at radius 1 is 1.00 bits per heavy atom. The highest BCUT2D eigenvalue weighted by Crippen LogP contribution is 2.27. The van der Waals surface area contributed by atoms with E-state index in [9.17, 15) is 4.39 Å². The van der Waals surface area contributed by atoms with Gasteiger partial charge in [0.25, 0.3) is 0 Å². The Hall–Kier alpha value is -0.590. The molecule has 0 bridgehead atoms. The number of halogens is 1. The fourth-order valence-corrected chi connectivity index (χ4v) is 1.42. The Morgan fingerprint density at radius 2 is 1.47 bits per heavy atom. The summed E-state index contributed by atoms with van der Waals surface area (Å²) in [5.74, 6) is 0.746. The second-order valence-corrected chi connectivity index (χ2v) is 4.77. The van der Waals surface area contributed by atoms with E-state index in [4.69, 9.17) is 0 Å². The third-order valence-corrected chi connectivity index (χ3v) is 3.48. The molecular weight excluding hydrogens is 187 g/mol. The summed E-state index contributed by atoms with van der Waals surface area (Å²) in [5.41, 5.74) is 2.85. The first kappa shape index (κ1) is 14.4. The Balaban J connectivity index is 5.15. The van der Waals surface area contributed by atoms with Gasteiger partial charge in [-0.25, -0.2) is 4.39 Å². The van der Waals surface area contributed by atoms with Crippen LogP contribution in [0.2, 0.25) is 0 Å². The van der Waals surface area contributed by atoms with Crippen molar-refractivity contribution in [1.29, 1.82) is 0 Å². The van der Waals surface area contributed by atoms with E-state index >= 15 is 0 Å². The molecule has 0 amide bonds. The van der Waals surface area contributed by atoms with Crippen LogP contribution in [0.4, 0.5) is 4.39 Å². The first-order valence-electron chi connectivity index (χ1n) is 5.86. The summed E-state index contributed by atoms with van der Waals surface area (Å²) in [7, 11) is 0. The highest BCUT2D eigenvalue weighted by molar-refractivity contribution is 5.32. The van der Waals surface area contributed by atoms with Crippen LogP contribution in [0.5, 0.6) is 0 Å². The summed E-state index contributed by atoms with van der Waals surface area (Å²) >= 11 is 0. The zero-order valence-electron chi connectivity index (χ0n) is 11.2. The van der Waals surface area contributed by atoms with Gasteiger partial charge in [0.2, 0.25) is 0 Å². The van der Waals surface area contributed by atoms with Crippen molar-refractivity contribution < 1.29 is 4.39 Å². The molecule has 1 atom stereocenters. The fraction of sp³-hybridized carbons (Fsp3) is 0.714. The first-order chi connectivity index (χ1) is 6.82. The van der Waals surface area contributed by atoms with Gasteiger partial charge in [-0.05, 0) is 50.2 Å². The van der Waals surface area contributed by atoms with Crippen LogP contribution in [0, 0.1) is 11.8 Å². The van der Waals surface area contributed by atoms with Gasteiger partial charge in [-0.15, -0.1) is 0 Å². The van der Waals surface area contributed by atoms with Crippen molar-refractivity contribution in [2.75, 3.05) is 0 Å². The van der Waals surface area contributed by atoms with Crippen molar-refractivity contribution in [3.8, 4) is 0 Å². The van der Waals surface area contributed by atoms with E-state index in [1.165, 1.54) is 0 Å². The highest BCUT2D eigenvalue weighted by Gasteiger charge is 2.12. The maximum Gasteiger partial charge on any atom is 0.125 e. The molecule has 0 aliphatic rings. The third kappa shape index (κ3) is 3.81. The van der Waals surface area contributed by atoms with Gasteiger partial charge in [-0.1, -0.05) is 33.3 Å². The quantitative estimate of drug-likeness (QED) is 0.557. The summed E-state index contributed by atoms with van der Waals surface area (Å²) in [6.45, 7) is 14.2. The number of hydrogen-bond donors (Lipinski definition) is 0. The molecule has 0 N–H and O–H groups in total. The Morgan fingerprint density at radius 3 is 1.80 bits per heavy atom. The van der Waals surface area contributed by atoms with Gasteiger partial charge < -0.3 is 0 Å². The monoisotopic (exact) mass is 212 g/mol. The molecule has 0 aromatic rings. The average Bonchev–Trinajstić information content (AvgIpc) is 2.23. The van der Waals surface area contributed by atoms with E-state index in [1.807, 2.05) is 20.8 Å². The lowest BCUT2D eigenvalue weighted by molar-refractivity contribution is 0.572. The molecule has 1 unspecified atom stereocenters. The van der Waals surface area contributed by atoms with Crippen LogP contribution in [0.15, 0.2) is 22.5 Å². The number of allylic oxidation sites excluding steroid dienone is 4. The van der Waals surface area contributed by atoms with E-state index in [1.54, 1.807) is 0 Å². The van der Waals surface area contributed by atoms with E-state index in [2.05, 4.69) is 27.7 Å². The molecular formula is C14H25F. The Kier molecular flexibility index (Phi) is 5.85. The minimum Gasteiger partial charge on any atom is -0.207 e. The molecule has 0 fully saturated rings. The van der Waals surface area contributed by atoms with E-state index < -0.39 is 0 Å². The van der Waals surface area contributed by atoms with Gasteiger partial charge in [0.1, 0.15) is 5.83 Å². The zero-order valence-corrected chi connectivity index (χ0v) is 11.2. The van der Waals surface area contributed by atoms with Crippen LogP contribution in [0.1, 0.15) is 54.9 Å². The summed E-state index contributed by atoms with van der Waals surface area (Å²) in [6, 6.07) is 0. The van der Waals surface area contributed by atoms with Crippen LogP contribution in [0.3, 0.4) is 0 Å². The van der Waals surface area contributed by atoms with Crippen LogP contribution < -0.4 is 0 Å². The topological polar surface area (TPSA) is 0 Å². The molecule has 1 heteroatoms. The van der Waals surface area contributed by atoms with Crippen LogP contribution in [0.25, 0.3) is 0 Å². The van der Waals surface area contributed by atoms with Gasteiger partial charge in [0.15, 0.2) is 0 Å². The molecule has 15 heavy (non-hydrogen) atoms. The fourth-order valence-electron chi connectivity index (χ4n) is 1.42. The van der Waals surface area contributed by atoms with E-state index in [0.29, 0.717) is 11.8 Å². The van der Waals surface area contributed by atoms with E-state index in [0.717, 1.165) is 23.1 Å². The summed E-state index contributed by atoms with van der Waals surface area (Å²) in [6.07, 6.45) is 0.993. The van der Waals surface area contributed by atoms with Gasteiger partial charge >= 0.3 is 0 Å². The Labute approximate surface area is 94.3 Å². The molecule has 88 valence electrons. The third-order valence-electron chi connectivity index (χ3n) is 3.48. The van der Waals surface area contributed by atoms with Crippen LogP contribution in [-0.4, -0.2) is 0 Å². The average molecular weight is 212 g/mol. The SMILES string of the molecule is CCC(C)/C(C)=C(F)\C(C)=C(\C)C(C)C. The lowest BCUT2D eigenvalue weighted by atomic mass is 9.93. The van der Waals surface area contributed by atoms with Crippen LogP contribution >= 0.6 is 0 Å². The molecule has 0 aromatic carbocycles. The molecule has 0 saturated carbocycles. The highest BCUT2D eigenvalue weighted by atomic mass is 19.1. The molecule has 0 aromatic heterocycles. The molecule has 0 radical (unpaired) electrons. The van der Waals surface area contributed by atoms with Crippen molar-refractivity contribution in [1.82, 2.24) is 0 Å². The second kappa shape index (κ2) is 6.09. The predicted octanol–water partition coefficient (Wildman–Crippen LogP) is 5.27. The van der Waals surface area contributed by atoms with Crippen LogP contribution in [-0.2, 0) is 0 Å². The molecule has 0 nitrogen and oxygen atoms in total. The van der Waals surface area contributed by atoms with E-state index in [-0.39, 0.29) is 5.83 Å². The van der Waals surface area contributed by atoms with Crippen molar-refractivity contribution in [3.63, 3.8) is 0 Å². The first-order valence-corrected chi connectivity index (χ1v) is 5.86. The van der Waals surface area contributed by atoms with Crippen molar-refractivity contribution in [3.05, 3.63) is 22.5 Å². The van der Waals surface area contributed by atoms with Crippen molar-refractivity contribution in [2.24, 2.45) is 11.8 Å². The molecule has 0 spiro atoms. The zero-order chi connectivity index (χ0) is 12.2.